The van der Waals surface area contributed by atoms with Gasteiger partial charge in [0.05, 0.1) is 13.2 Å². The van der Waals surface area contributed by atoms with Crippen LogP contribution in [0.1, 0.15) is 26.2 Å². The summed E-state index contributed by atoms with van der Waals surface area (Å²) in [4.78, 5) is 20.9. The molecule has 7 nitrogen and oxygen atoms in total. The Hall–Kier alpha value is -1.34. The topological polar surface area (TPSA) is 69.2 Å². The largest absolute Gasteiger partial charge is 0.379 e. The molecule has 3 aliphatic heterocycles. The van der Waals surface area contributed by atoms with E-state index < -0.39 is 0 Å². The number of rotatable bonds is 3. The third-order valence-corrected chi connectivity index (χ3v) is 5.56. The number of aliphatic imine (C=N–C) groups is 1. The number of morpholine rings is 1. The molecule has 3 rings (SSSR count). The minimum Gasteiger partial charge on any atom is -0.379 e. The maximum Gasteiger partial charge on any atom is 0.220 e. The van der Waals surface area contributed by atoms with Crippen molar-refractivity contribution in [3.63, 3.8) is 0 Å². The average molecular weight is 337 g/mol. The molecule has 24 heavy (non-hydrogen) atoms. The molecule has 2 unspecified atom stereocenters. The summed E-state index contributed by atoms with van der Waals surface area (Å²) in [5.74, 6) is 1.16. The second kappa shape index (κ2) is 7.70. The lowest BCUT2D eigenvalue weighted by atomic mass is 9.79. The fourth-order valence-electron chi connectivity index (χ4n) is 4.17. The number of likely N-dealkylation sites (tertiary alicyclic amines) is 1. The molecule has 0 radical (unpaired) electrons. The van der Waals surface area contributed by atoms with Crippen LogP contribution in [0, 0.1) is 5.41 Å². The lowest BCUT2D eigenvalue weighted by Crippen LogP contribution is -2.53. The minimum absolute atomic E-state index is 0.103. The first-order valence-corrected chi connectivity index (χ1v) is 9.16. The zero-order chi connectivity index (χ0) is 17.0. The van der Waals surface area contributed by atoms with Crippen LogP contribution >= 0.6 is 0 Å². The maximum absolute atomic E-state index is 11.6. The normalized spacial score (nSPS) is 32.2. The molecule has 0 aliphatic carbocycles. The van der Waals surface area contributed by atoms with Crippen molar-refractivity contribution in [3.05, 3.63) is 0 Å². The van der Waals surface area contributed by atoms with E-state index in [2.05, 4.69) is 32.3 Å². The fourth-order valence-corrected chi connectivity index (χ4v) is 4.17. The SMILES string of the molecule is CN=C(NCCN1CCOCC1C)N1CCCC2(CNC(=O)C2)C1. The molecule has 3 heterocycles. The van der Waals surface area contributed by atoms with Crippen LogP contribution in [0.3, 0.4) is 0 Å². The second-order valence-electron chi connectivity index (χ2n) is 7.41. The van der Waals surface area contributed by atoms with Crippen molar-refractivity contribution >= 4 is 11.9 Å². The molecule has 2 N–H and O–H groups in total. The highest BCUT2D eigenvalue weighted by Gasteiger charge is 2.42. The number of ether oxygens (including phenoxy) is 1. The average Bonchev–Trinajstić information content (AvgIpc) is 2.93. The number of hydrogen-bond acceptors (Lipinski definition) is 4. The zero-order valence-electron chi connectivity index (χ0n) is 15.0. The molecule has 0 saturated carbocycles. The Morgan fingerprint density at radius 3 is 3.08 bits per heavy atom. The van der Waals surface area contributed by atoms with Crippen LogP contribution in [-0.2, 0) is 9.53 Å². The molecular formula is C17H31N5O2. The summed E-state index contributed by atoms with van der Waals surface area (Å²) in [6.45, 7) is 9.50. The monoisotopic (exact) mass is 337 g/mol. The van der Waals surface area contributed by atoms with Gasteiger partial charge in [0.1, 0.15) is 0 Å². The van der Waals surface area contributed by atoms with Gasteiger partial charge in [-0.3, -0.25) is 14.7 Å². The zero-order valence-corrected chi connectivity index (χ0v) is 15.0. The Balaban J connectivity index is 1.49. The van der Waals surface area contributed by atoms with Crippen LogP contribution in [0.2, 0.25) is 0 Å². The molecule has 1 spiro atoms. The summed E-state index contributed by atoms with van der Waals surface area (Å²) in [6, 6.07) is 0.483. The molecule has 0 aromatic carbocycles. The Labute approximate surface area is 144 Å². The van der Waals surface area contributed by atoms with Gasteiger partial charge < -0.3 is 20.3 Å². The van der Waals surface area contributed by atoms with Crippen LogP contribution in [-0.4, -0.2) is 87.2 Å². The lowest BCUT2D eigenvalue weighted by molar-refractivity contribution is -0.119. The van der Waals surface area contributed by atoms with E-state index in [-0.39, 0.29) is 11.3 Å². The molecule has 7 heteroatoms. The highest BCUT2D eigenvalue weighted by molar-refractivity contribution is 5.81. The van der Waals surface area contributed by atoms with Gasteiger partial charge in [0.15, 0.2) is 5.96 Å². The van der Waals surface area contributed by atoms with Crippen molar-refractivity contribution in [2.75, 3.05) is 59.5 Å². The van der Waals surface area contributed by atoms with Gasteiger partial charge in [-0.15, -0.1) is 0 Å². The van der Waals surface area contributed by atoms with Gasteiger partial charge in [0.25, 0.3) is 0 Å². The molecule has 0 aromatic rings. The smallest absolute Gasteiger partial charge is 0.220 e. The van der Waals surface area contributed by atoms with Crippen molar-refractivity contribution in [1.82, 2.24) is 20.4 Å². The van der Waals surface area contributed by atoms with Gasteiger partial charge in [-0.05, 0) is 19.8 Å². The molecule has 3 saturated heterocycles. The molecule has 136 valence electrons. The number of carbonyl (C=O) groups excluding carboxylic acids is 1. The van der Waals surface area contributed by atoms with Crippen LogP contribution in [0.4, 0.5) is 0 Å². The summed E-state index contributed by atoms with van der Waals surface area (Å²) in [6.07, 6.45) is 2.91. The lowest BCUT2D eigenvalue weighted by Gasteiger charge is -2.41. The standard InChI is InChI=1S/C17H31N5O2/c1-14-11-24-9-8-21(14)7-5-19-16(18-2)22-6-3-4-17(13-22)10-15(23)20-12-17/h14H,3-13H2,1-2H3,(H,18,19)(H,20,23). The third kappa shape index (κ3) is 4.00. The molecular weight excluding hydrogens is 306 g/mol. The van der Waals surface area contributed by atoms with Crippen LogP contribution in [0.25, 0.3) is 0 Å². The molecule has 2 atom stereocenters. The highest BCUT2D eigenvalue weighted by Crippen LogP contribution is 2.35. The van der Waals surface area contributed by atoms with E-state index in [4.69, 9.17) is 4.74 Å². The molecule has 0 bridgehead atoms. The second-order valence-corrected chi connectivity index (χ2v) is 7.41. The number of carbonyl (C=O) groups is 1. The van der Waals surface area contributed by atoms with Crippen molar-refractivity contribution in [2.45, 2.75) is 32.2 Å². The maximum atomic E-state index is 11.6. The van der Waals surface area contributed by atoms with Gasteiger partial charge in [-0.25, -0.2) is 0 Å². The van der Waals surface area contributed by atoms with Gasteiger partial charge in [-0.1, -0.05) is 0 Å². The predicted molar refractivity (Wildman–Crippen MR) is 94.1 cm³/mol. The fraction of sp³-hybridized carbons (Fsp3) is 0.882. The number of guanidine groups is 1. The number of amides is 1. The van der Waals surface area contributed by atoms with Crippen molar-refractivity contribution in [3.8, 4) is 0 Å². The van der Waals surface area contributed by atoms with E-state index in [0.29, 0.717) is 12.5 Å². The summed E-state index contributed by atoms with van der Waals surface area (Å²) >= 11 is 0. The van der Waals surface area contributed by atoms with Crippen molar-refractivity contribution in [2.24, 2.45) is 10.4 Å². The quantitative estimate of drug-likeness (QED) is 0.555. The molecule has 1 amide bonds. The van der Waals surface area contributed by atoms with Crippen molar-refractivity contribution in [1.29, 1.82) is 0 Å². The Morgan fingerprint density at radius 1 is 1.50 bits per heavy atom. The minimum atomic E-state index is 0.103. The Kier molecular flexibility index (Phi) is 5.61. The first-order valence-electron chi connectivity index (χ1n) is 9.16. The summed E-state index contributed by atoms with van der Waals surface area (Å²) in [7, 11) is 1.85. The summed E-state index contributed by atoms with van der Waals surface area (Å²) < 4.78 is 5.49. The number of hydrogen-bond donors (Lipinski definition) is 2. The Bertz CT molecular complexity index is 484. The molecule has 3 fully saturated rings. The van der Waals surface area contributed by atoms with Crippen LogP contribution < -0.4 is 10.6 Å². The first-order chi connectivity index (χ1) is 11.6. The highest BCUT2D eigenvalue weighted by atomic mass is 16.5. The van der Waals surface area contributed by atoms with E-state index in [1.165, 1.54) is 0 Å². The number of nitrogens with zero attached hydrogens (tertiary/aromatic N) is 3. The van der Waals surface area contributed by atoms with E-state index in [1.54, 1.807) is 0 Å². The van der Waals surface area contributed by atoms with E-state index in [9.17, 15) is 4.79 Å². The van der Waals surface area contributed by atoms with E-state index >= 15 is 0 Å². The predicted octanol–water partition coefficient (Wildman–Crippen LogP) is -0.115. The number of piperidine rings is 1. The van der Waals surface area contributed by atoms with Gasteiger partial charge in [0, 0.05) is 64.2 Å². The van der Waals surface area contributed by atoms with Crippen molar-refractivity contribution < 1.29 is 9.53 Å². The summed E-state index contributed by atoms with van der Waals surface area (Å²) in [5, 5.41) is 6.52. The Morgan fingerprint density at radius 2 is 2.38 bits per heavy atom. The van der Waals surface area contributed by atoms with E-state index in [1.807, 2.05) is 7.05 Å². The summed E-state index contributed by atoms with van der Waals surface area (Å²) in [5.41, 5.74) is 0.103. The molecule has 0 aromatic heterocycles. The van der Waals surface area contributed by atoms with Crippen LogP contribution in [0.5, 0.6) is 0 Å². The van der Waals surface area contributed by atoms with Gasteiger partial charge in [0.2, 0.25) is 5.91 Å². The van der Waals surface area contributed by atoms with Gasteiger partial charge in [-0.2, -0.15) is 0 Å². The first kappa shape index (κ1) is 17.5. The van der Waals surface area contributed by atoms with E-state index in [0.717, 1.165) is 71.3 Å². The molecule has 3 aliphatic rings. The number of nitrogens with one attached hydrogen (secondary N) is 2. The third-order valence-electron chi connectivity index (χ3n) is 5.56. The van der Waals surface area contributed by atoms with Gasteiger partial charge >= 0.3 is 0 Å². The van der Waals surface area contributed by atoms with Crippen LogP contribution in [0.15, 0.2) is 4.99 Å².